The zero-order valence-electron chi connectivity index (χ0n) is 35.3. The van der Waals surface area contributed by atoms with E-state index >= 15 is 0 Å². The fourth-order valence-corrected chi connectivity index (χ4v) is 6.80. The van der Waals surface area contributed by atoms with Gasteiger partial charge >= 0.3 is 17.9 Å². The minimum absolute atomic E-state index is 0.0639. The Morgan fingerprint density at radius 3 is 0.942 bits per heavy atom. The van der Waals surface area contributed by atoms with E-state index in [1.807, 2.05) is 0 Å². The first-order valence-electron chi connectivity index (χ1n) is 22.9. The van der Waals surface area contributed by atoms with Crippen molar-refractivity contribution in [2.75, 3.05) is 13.2 Å². The number of carbonyl (C=O) groups excluding carboxylic acids is 3. The summed E-state index contributed by atoms with van der Waals surface area (Å²) in [4.78, 5) is 37.6. The summed E-state index contributed by atoms with van der Waals surface area (Å²) >= 11 is 0. The molecule has 0 fully saturated rings. The van der Waals surface area contributed by atoms with Crippen LogP contribution in [0.4, 0.5) is 0 Å². The molecule has 0 saturated carbocycles. The molecule has 0 aliphatic heterocycles. The third-order valence-corrected chi connectivity index (χ3v) is 10.3. The first-order valence-corrected chi connectivity index (χ1v) is 22.9. The largest absolute Gasteiger partial charge is 0.462 e. The summed E-state index contributed by atoms with van der Waals surface area (Å²) in [7, 11) is 0. The van der Waals surface area contributed by atoms with Crippen LogP contribution in [-0.2, 0) is 28.6 Å². The van der Waals surface area contributed by atoms with E-state index in [2.05, 4.69) is 27.7 Å². The Hall–Kier alpha value is -1.59. The summed E-state index contributed by atoms with van der Waals surface area (Å²) in [6.07, 6.45) is 39.4. The molecular formula is C46H88O6. The molecule has 0 aliphatic rings. The van der Waals surface area contributed by atoms with E-state index in [1.165, 1.54) is 148 Å². The van der Waals surface area contributed by atoms with Gasteiger partial charge in [-0.25, -0.2) is 0 Å². The fraction of sp³-hybridized carbons (Fsp3) is 0.935. The van der Waals surface area contributed by atoms with Gasteiger partial charge in [0.05, 0.1) is 0 Å². The summed E-state index contributed by atoms with van der Waals surface area (Å²) in [5, 5.41) is 0. The van der Waals surface area contributed by atoms with E-state index in [0.29, 0.717) is 19.3 Å². The van der Waals surface area contributed by atoms with Crippen LogP contribution in [0, 0.1) is 5.92 Å². The predicted molar refractivity (Wildman–Crippen MR) is 220 cm³/mol. The average molecular weight is 737 g/mol. The van der Waals surface area contributed by atoms with Gasteiger partial charge in [-0.2, -0.15) is 0 Å². The van der Waals surface area contributed by atoms with Crippen LogP contribution in [0.15, 0.2) is 0 Å². The van der Waals surface area contributed by atoms with Crippen molar-refractivity contribution < 1.29 is 28.6 Å². The fourth-order valence-electron chi connectivity index (χ4n) is 6.80. The first-order chi connectivity index (χ1) is 25.4. The first kappa shape index (κ1) is 50.4. The zero-order valence-corrected chi connectivity index (χ0v) is 35.3. The molecule has 308 valence electrons. The molecule has 0 aromatic carbocycles. The summed E-state index contributed by atoms with van der Waals surface area (Å²) < 4.78 is 16.7. The molecule has 0 amide bonds. The molecule has 0 aromatic rings. The molecule has 0 N–H and O–H groups in total. The molecule has 0 aromatic heterocycles. The van der Waals surface area contributed by atoms with Crippen molar-refractivity contribution in [1.82, 2.24) is 0 Å². The van der Waals surface area contributed by atoms with Crippen LogP contribution in [0.1, 0.15) is 252 Å². The Balaban J connectivity index is 4.30. The number of carbonyl (C=O) groups is 3. The maximum atomic E-state index is 12.7. The van der Waals surface area contributed by atoms with E-state index in [1.54, 1.807) is 0 Å². The Kier molecular flexibility index (Phi) is 39.4. The predicted octanol–water partition coefficient (Wildman–Crippen LogP) is 14.3. The maximum Gasteiger partial charge on any atom is 0.306 e. The minimum Gasteiger partial charge on any atom is -0.462 e. The standard InChI is InChI=1S/C46H88O6/c1-5-7-9-11-13-15-17-23-27-31-35-39-46(49)52-43(40-50-44(47)37-33-29-25-20-14-12-10-8-6-2)41-51-45(48)38-34-30-26-22-19-16-18-21-24-28-32-36-42(3)4/h42-43H,5-41H2,1-4H3/t43-/m0/s1. The van der Waals surface area contributed by atoms with E-state index in [9.17, 15) is 14.4 Å². The molecule has 6 heteroatoms. The van der Waals surface area contributed by atoms with Gasteiger partial charge < -0.3 is 14.2 Å². The molecule has 6 nitrogen and oxygen atoms in total. The van der Waals surface area contributed by atoms with Gasteiger partial charge in [0.25, 0.3) is 0 Å². The van der Waals surface area contributed by atoms with Crippen LogP contribution in [0.5, 0.6) is 0 Å². The van der Waals surface area contributed by atoms with Gasteiger partial charge in [0.1, 0.15) is 13.2 Å². The van der Waals surface area contributed by atoms with E-state index in [0.717, 1.165) is 63.7 Å². The summed E-state index contributed by atoms with van der Waals surface area (Å²) in [6.45, 7) is 8.97. The molecular weight excluding hydrogens is 648 g/mol. The Morgan fingerprint density at radius 2 is 0.635 bits per heavy atom. The van der Waals surface area contributed by atoms with Crippen LogP contribution in [-0.4, -0.2) is 37.2 Å². The van der Waals surface area contributed by atoms with Crippen LogP contribution in [0.3, 0.4) is 0 Å². The number of rotatable bonds is 41. The Bertz CT molecular complexity index is 781. The highest BCUT2D eigenvalue weighted by molar-refractivity contribution is 5.71. The van der Waals surface area contributed by atoms with Gasteiger partial charge in [-0.05, 0) is 25.2 Å². The van der Waals surface area contributed by atoms with Crippen molar-refractivity contribution in [3.05, 3.63) is 0 Å². The maximum absolute atomic E-state index is 12.7. The van der Waals surface area contributed by atoms with Crippen molar-refractivity contribution >= 4 is 17.9 Å². The second-order valence-electron chi connectivity index (χ2n) is 16.2. The van der Waals surface area contributed by atoms with E-state index in [-0.39, 0.29) is 31.1 Å². The quantitative estimate of drug-likeness (QED) is 0.0353. The lowest BCUT2D eigenvalue weighted by Crippen LogP contribution is -2.30. The van der Waals surface area contributed by atoms with Gasteiger partial charge in [-0.1, -0.05) is 214 Å². The Morgan fingerprint density at radius 1 is 0.365 bits per heavy atom. The minimum atomic E-state index is -0.758. The SMILES string of the molecule is CCCCCCCCCCCCCC(=O)O[C@@H](COC(=O)CCCCCCCCCCC)COC(=O)CCCCCCCCCCCCCC(C)C. The van der Waals surface area contributed by atoms with Crippen molar-refractivity contribution in [2.24, 2.45) is 5.92 Å². The van der Waals surface area contributed by atoms with E-state index in [4.69, 9.17) is 14.2 Å². The summed E-state index contributed by atoms with van der Waals surface area (Å²) in [5.74, 6) is -0.0296. The van der Waals surface area contributed by atoms with Crippen molar-refractivity contribution in [3.63, 3.8) is 0 Å². The molecule has 0 heterocycles. The third kappa shape index (κ3) is 39.6. The van der Waals surface area contributed by atoms with Crippen molar-refractivity contribution in [2.45, 2.75) is 259 Å². The molecule has 0 radical (unpaired) electrons. The lowest BCUT2D eigenvalue weighted by Gasteiger charge is -2.18. The Labute approximate surface area is 323 Å². The lowest BCUT2D eigenvalue weighted by molar-refractivity contribution is -0.167. The van der Waals surface area contributed by atoms with Gasteiger partial charge in [-0.15, -0.1) is 0 Å². The highest BCUT2D eigenvalue weighted by Gasteiger charge is 2.19. The zero-order chi connectivity index (χ0) is 38.2. The highest BCUT2D eigenvalue weighted by atomic mass is 16.6. The molecule has 52 heavy (non-hydrogen) atoms. The molecule has 0 bridgehead atoms. The second kappa shape index (κ2) is 40.6. The molecule has 0 spiro atoms. The molecule has 1 atom stereocenters. The topological polar surface area (TPSA) is 78.9 Å². The molecule has 0 saturated heterocycles. The van der Waals surface area contributed by atoms with Crippen molar-refractivity contribution in [1.29, 1.82) is 0 Å². The van der Waals surface area contributed by atoms with Crippen LogP contribution in [0.2, 0.25) is 0 Å². The van der Waals surface area contributed by atoms with Crippen LogP contribution < -0.4 is 0 Å². The monoisotopic (exact) mass is 737 g/mol. The van der Waals surface area contributed by atoms with Gasteiger partial charge in [0, 0.05) is 19.3 Å². The molecule has 0 rings (SSSR count). The lowest BCUT2D eigenvalue weighted by atomic mass is 10.0. The van der Waals surface area contributed by atoms with Gasteiger partial charge in [-0.3, -0.25) is 14.4 Å². The number of hydrogen-bond acceptors (Lipinski definition) is 6. The van der Waals surface area contributed by atoms with E-state index < -0.39 is 6.10 Å². The van der Waals surface area contributed by atoms with Crippen molar-refractivity contribution in [3.8, 4) is 0 Å². The van der Waals surface area contributed by atoms with Gasteiger partial charge in [0.15, 0.2) is 6.10 Å². The summed E-state index contributed by atoms with van der Waals surface area (Å²) in [6, 6.07) is 0. The highest BCUT2D eigenvalue weighted by Crippen LogP contribution is 2.16. The molecule has 0 aliphatic carbocycles. The number of ether oxygens (including phenoxy) is 3. The normalized spacial score (nSPS) is 11.9. The summed E-state index contributed by atoms with van der Waals surface area (Å²) in [5.41, 5.74) is 0. The average Bonchev–Trinajstić information content (AvgIpc) is 3.12. The number of hydrogen-bond donors (Lipinski definition) is 0. The number of unbranched alkanes of at least 4 members (excludes halogenated alkanes) is 28. The van der Waals surface area contributed by atoms with Crippen LogP contribution in [0.25, 0.3) is 0 Å². The third-order valence-electron chi connectivity index (χ3n) is 10.3. The number of esters is 3. The van der Waals surface area contributed by atoms with Crippen LogP contribution >= 0.6 is 0 Å². The molecule has 0 unspecified atom stereocenters. The van der Waals surface area contributed by atoms with Gasteiger partial charge in [0.2, 0.25) is 0 Å². The second-order valence-corrected chi connectivity index (χ2v) is 16.2. The smallest absolute Gasteiger partial charge is 0.306 e.